The Balaban J connectivity index is 2.76. The first-order valence-corrected chi connectivity index (χ1v) is 7.82. The molecule has 0 radical (unpaired) electrons. The highest BCUT2D eigenvalue weighted by atomic mass is 32.2. The van der Waals surface area contributed by atoms with E-state index in [0.717, 1.165) is 6.42 Å². The molecule has 7 nitrogen and oxygen atoms in total. The summed E-state index contributed by atoms with van der Waals surface area (Å²) in [5.41, 5.74) is 0. The van der Waals surface area contributed by atoms with Gasteiger partial charge in [0.05, 0.1) is 0 Å². The lowest BCUT2D eigenvalue weighted by molar-refractivity contribution is 0.677. The highest BCUT2D eigenvalue weighted by Crippen LogP contribution is 2.12. The van der Waals surface area contributed by atoms with Gasteiger partial charge in [0.2, 0.25) is 17.8 Å². The van der Waals surface area contributed by atoms with Gasteiger partial charge in [0.25, 0.3) is 0 Å². The van der Waals surface area contributed by atoms with E-state index in [0.29, 0.717) is 23.6 Å². The van der Waals surface area contributed by atoms with Gasteiger partial charge in [-0.05, 0) is 13.3 Å². The summed E-state index contributed by atoms with van der Waals surface area (Å²) in [5.74, 6) is 2.30. The van der Waals surface area contributed by atoms with Crippen LogP contribution in [0.3, 0.4) is 0 Å². The van der Waals surface area contributed by atoms with E-state index < -0.39 is 10.8 Å². The zero-order chi connectivity index (χ0) is 14.4. The van der Waals surface area contributed by atoms with Crippen molar-refractivity contribution < 1.29 is 4.21 Å². The van der Waals surface area contributed by atoms with Gasteiger partial charge in [0.1, 0.15) is 0 Å². The van der Waals surface area contributed by atoms with Gasteiger partial charge in [0.15, 0.2) is 0 Å². The Hall–Kier alpha value is -1.44. The fourth-order valence-electron chi connectivity index (χ4n) is 1.38. The van der Waals surface area contributed by atoms with Crippen LogP contribution >= 0.6 is 0 Å². The SMILES string of the molecule is CNc1nc(NC(C)CCS(C)=O)nc(N(C)C)n1. The van der Waals surface area contributed by atoms with Crippen molar-refractivity contribution in [3.05, 3.63) is 0 Å². The Morgan fingerprint density at radius 2 is 1.89 bits per heavy atom. The van der Waals surface area contributed by atoms with Crippen molar-refractivity contribution in [1.82, 2.24) is 15.0 Å². The van der Waals surface area contributed by atoms with E-state index in [1.807, 2.05) is 25.9 Å². The lowest BCUT2D eigenvalue weighted by Crippen LogP contribution is -2.22. The fraction of sp³-hybridized carbons (Fsp3) is 0.727. The predicted molar refractivity (Wildman–Crippen MR) is 80.3 cm³/mol. The van der Waals surface area contributed by atoms with Crippen LogP contribution in [0.2, 0.25) is 0 Å². The van der Waals surface area contributed by atoms with Crippen molar-refractivity contribution in [1.29, 1.82) is 0 Å². The van der Waals surface area contributed by atoms with Gasteiger partial charge in [-0.1, -0.05) is 0 Å². The van der Waals surface area contributed by atoms with Crippen molar-refractivity contribution in [3.63, 3.8) is 0 Å². The maximum absolute atomic E-state index is 11.1. The molecule has 0 aliphatic carbocycles. The summed E-state index contributed by atoms with van der Waals surface area (Å²) in [5, 5.41) is 6.11. The molecule has 0 aliphatic rings. The van der Waals surface area contributed by atoms with Crippen molar-refractivity contribution >= 4 is 28.6 Å². The van der Waals surface area contributed by atoms with E-state index in [-0.39, 0.29) is 6.04 Å². The van der Waals surface area contributed by atoms with E-state index in [4.69, 9.17) is 0 Å². The van der Waals surface area contributed by atoms with Gasteiger partial charge in [-0.2, -0.15) is 15.0 Å². The van der Waals surface area contributed by atoms with Crippen molar-refractivity contribution in [2.75, 3.05) is 48.7 Å². The Morgan fingerprint density at radius 3 is 2.42 bits per heavy atom. The van der Waals surface area contributed by atoms with E-state index in [1.54, 1.807) is 13.3 Å². The van der Waals surface area contributed by atoms with E-state index >= 15 is 0 Å². The molecule has 2 N–H and O–H groups in total. The normalized spacial score (nSPS) is 13.7. The van der Waals surface area contributed by atoms with Gasteiger partial charge in [-0.15, -0.1) is 0 Å². The molecule has 0 bridgehead atoms. The van der Waals surface area contributed by atoms with Crippen LogP contribution in [0, 0.1) is 0 Å². The van der Waals surface area contributed by atoms with Crippen molar-refractivity contribution in [2.45, 2.75) is 19.4 Å². The van der Waals surface area contributed by atoms with Crippen LogP contribution < -0.4 is 15.5 Å². The van der Waals surface area contributed by atoms with Gasteiger partial charge in [-0.25, -0.2) is 0 Å². The quantitative estimate of drug-likeness (QED) is 0.757. The number of aromatic nitrogens is 3. The Kier molecular flexibility index (Phi) is 5.94. The lowest BCUT2D eigenvalue weighted by atomic mass is 10.3. The molecular formula is C11H22N6OS. The van der Waals surface area contributed by atoms with Crippen LogP contribution in [0.5, 0.6) is 0 Å². The van der Waals surface area contributed by atoms with E-state index in [9.17, 15) is 4.21 Å². The molecule has 1 rings (SSSR count). The molecule has 0 aliphatic heterocycles. The third-order valence-corrected chi connectivity index (χ3v) is 3.27. The molecule has 0 fully saturated rings. The zero-order valence-corrected chi connectivity index (χ0v) is 12.9. The zero-order valence-electron chi connectivity index (χ0n) is 12.1. The molecule has 2 atom stereocenters. The maximum Gasteiger partial charge on any atom is 0.231 e. The first kappa shape index (κ1) is 15.6. The molecule has 1 aromatic rings. The minimum absolute atomic E-state index is 0.158. The summed E-state index contributed by atoms with van der Waals surface area (Å²) in [6, 6.07) is 0.158. The number of rotatable bonds is 7. The monoisotopic (exact) mass is 286 g/mol. The third kappa shape index (κ3) is 5.37. The number of nitrogens with one attached hydrogen (secondary N) is 2. The molecule has 0 spiro atoms. The van der Waals surface area contributed by atoms with Gasteiger partial charge in [-0.3, -0.25) is 4.21 Å². The molecule has 2 unspecified atom stereocenters. The Morgan fingerprint density at radius 1 is 1.26 bits per heavy atom. The van der Waals surface area contributed by atoms with Crippen LogP contribution in [-0.4, -0.2) is 58.4 Å². The predicted octanol–water partition coefficient (Wildman–Crippen LogP) is 0.548. The summed E-state index contributed by atoms with van der Waals surface area (Å²) < 4.78 is 11.1. The second-order valence-electron chi connectivity index (χ2n) is 4.54. The average Bonchev–Trinajstić information content (AvgIpc) is 2.35. The van der Waals surface area contributed by atoms with E-state index in [2.05, 4.69) is 25.6 Å². The Labute approximate surface area is 116 Å². The number of nitrogens with zero attached hydrogens (tertiary/aromatic N) is 4. The molecule has 1 heterocycles. The molecule has 108 valence electrons. The fourth-order valence-corrected chi connectivity index (χ4v) is 2.06. The van der Waals surface area contributed by atoms with Crippen LogP contribution in [0.15, 0.2) is 0 Å². The van der Waals surface area contributed by atoms with Gasteiger partial charge < -0.3 is 15.5 Å². The molecule has 8 heteroatoms. The van der Waals surface area contributed by atoms with Crippen LogP contribution in [0.25, 0.3) is 0 Å². The molecule has 0 amide bonds. The van der Waals surface area contributed by atoms with Gasteiger partial charge in [0, 0.05) is 50.0 Å². The van der Waals surface area contributed by atoms with Crippen molar-refractivity contribution in [3.8, 4) is 0 Å². The lowest BCUT2D eigenvalue weighted by Gasteiger charge is -2.16. The second-order valence-corrected chi connectivity index (χ2v) is 6.09. The van der Waals surface area contributed by atoms with E-state index in [1.165, 1.54) is 0 Å². The smallest absolute Gasteiger partial charge is 0.231 e. The number of hydrogen-bond donors (Lipinski definition) is 2. The highest BCUT2D eigenvalue weighted by Gasteiger charge is 2.10. The molecule has 19 heavy (non-hydrogen) atoms. The molecular weight excluding hydrogens is 264 g/mol. The van der Waals surface area contributed by atoms with Gasteiger partial charge >= 0.3 is 0 Å². The summed E-state index contributed by atoms with van der Waals surface area (Å²) in [6.07, 6.45) is 2.51. The topological polar surface area (TPSA) is 83.0 Å². The minimum Gasteiger partial charge on any atom is -0.357 e. The summed E-state index contributed by atoms with van der Waals surface area (Å²) in [7, 11) is 4.74. The minimum atomic E-state index is -0.776. The molecule has 0 aromatic carbocycles. The van der Waals surface area contributed by atoms with Crippen LogP contribution in [-0.2, 0) is 10.8 Å². The maximum atomic E-state index is 11.1. The summed E-state index contributed by atoms with van der Waals surface area (Å²) in [6.45, 7) is 2.02. The van der Waals surface area contributed by atoms with Crippen LogP contribution in [0.1, 0.15) is 13.3 Å². The van der Waals surface area contributed by atoms with Crippen molar-refractivity contribution in [2.24, 2.45) is 0 Å². The van der Waals surface area contributed by atoms with Crippen LogP contribution in [0.4, 0.5) is 17.8 Å². The largest absolute Gasteiger partial charge is 0.357 e. The average molecular weight is 286 g/mol. The molecule has 0 saturated heterocycles. The third-order valence-electron chi connectivity index (χ3n) is 2.46. The summed E-state index contributed by atoms with van der Waals surface area (Å²) in [4.78, 5) is 14.6. The molecule has 0 saturated carbocycles. The first-order valence-electron chi connectivity index (χ1n) is 6.10. The molecule has 1 aromatic heterocycles. The number of hydrogen-bond acceptors (Lipinski definition) is 7. The first-order chi connectivity index (χ1) is 8.92. The highest BCUT2D eigenvalue weighted by molar-refractivity contribution is 7.84. The number of anilines is 3. The summed E-state index contributed by atoms with van der Waals surface area (Å²) >= 11 is 0. The standard InChI is InChI=1S/C11H22N6OS/c1-8(6-7-19(5)18)13-10-14-9(12-2)15-11(16-10)17(3)4/h8H,6-7H2,1-5H3,(H2,12,13,14,15,16). The Bertz CT molecular complexity index is 439. The second kappa shape index (κ2) is 7.22.